The summed E-state index contributed by atoms with van der Waals surface area (Å²) in [5.74, 6) is 1.09. The lowest BCUT2D eigenvalue weighted by atomic mass is 10.1. The van der Waals surface area contributed by atoms with E-state index in [-0.39, 0.29) is 0 Å². The van der Waals surface area contributed by atoms with E-state index in [9.17, 15) is 0 Å². The van der Waals surface area contributed by atoms with Crippen LogP contribution in [0.15, 0.2) is 18.6 Å². The van der Waals surface area contributed by atoms with Gasteiger partial charge in [-0.2, -0.15) is 0 Å². The summed E-state index contributed by atoms with van der Waals surface area (Å²) in [5, 5.41) is 1.15. The molecule has 0 radical (unpaired) electrons. The van der Waals surface area contributed by atoms with Gasteiger partial charge in [0.15, 0.2) is 0 Å². The summed E-state index contributed by atoms with van der Waals surface area (Å²) in [6.07, 6.45) is 10.5. The second-order valence-electron chi connectivity index (χ2n) is 6.59. The number of aromatic nitrogens is 3. The monoisotopic (exact) mass is 299 g/mol. The number of hydrogen-bond acceptors (Lipinski definition) is 4. The Kier molecular flexibility index (Phi) is 3.74. The number of nitrogens with zero attached hydrogens (tertiary/aromatic N) is 4. The minimum atomic E-state index is 0.678. The van der Waals surface area contributed by atoms with Crippen molar-refractivity contribution in [3.8, 4) is 0 Å². The van der Waals surface area contributed by atoms with E-state index in [1.807, 2.05) is 6.20 Å². The van der Waals surface area contributed by atoms with Gasteiger partial charge in [0.25, 0.3) is 0 Å². The van der Waals surface area contributed by atoms with Gasteiger partial charge in [-0.05, 0) is 31.9 Å². The highest BCUT2D eigenvalue weighted by Crippen LogP contribution is 2.31. The van der Waals surface area contributed by atoms with Crippen molar-refractivity contribution in [1.82, 2.24) is 19.9 Å². The Morgan fingerprint density at radius 1 is 1.23 bits per heavy atom. The lowest BCUT2D eigenvalue weighted by molar-refractivity contribution is 0.154. The predicted octanol–water partition coefficient (Wildman–Crippen LogP) is 2.80. The maximum Gasteiger partial charge on any atom is 0.142 e. The van der Waals surface area contributed by atoms with Gasteiger partial charge in [-0.15, -0.1) is 0 Å². The van der Waals surface area contributed by atoms with Crippen molar-refractivity contribution in [2.75, 3.05) is 24.5 Å². The number of rotatable bonds is 4. The highest BCUT2D eigenvalue weighted by atomic mass is 15.3. The highest BCUT2D eigenvalue weighted by molar-refractivity contribution is 5.87. The van der Waals surface area contributed by atoms with E-state index in [4.69, 9.17) is 0 Å². The van der Waals surface area contributed by atoms with Crippen molar-refractivity contribution in [1.29, 1.82) is 0 Å². The van der Waals surface area contributed by atoms with Crippen molar-refractivity contribution in [3.05, 3.63) is 18.6 Å². The third-order valence-corrected chi connectivity index (χ3v) is 5.42. The zero-order valence-corrected chi connectivity index (χ0v) is 13.3. The molecule has 1 atom stereocenters. The second kappa shape index (κ2) is 5.88. The smallest absolute Gasteiger partial charge is 0.142 e. The fourth-order valence-electron chi connectivity index (χ4n) is 4.37. The van der Waals surface area contributed by atoms with Crippen LogP contribution in [0.1, 0.15) is 39.0 Å². The van der Waals surface area contributed by atoms with E-state index < -0.39 is 0 Å². The van der Waals surface area contributed by atoms with Crippen LogP contribution < -0.4 is 4.90 Å². The molecule has 118 valence electrons. The van der Waals surface area contributed by atoms with Gasteiger partial charge in [-0.3, -0.25) is 4.90 Å². The Balaban J connectivity index is 1.53. The molecule has 5 nitrogen and oxygen atoms in total. The van der Waals surface area contributed by atoms with Crippen LogP contribution in [0.25, 0.3) is 11.0 Å². The van der Waals surface area contributed by atoms with Crippen molar-refractivity contribution >= 4 is 16.9 Å². The Hall–Kier alpha value is -1.62. The Bertz CT molecular complexity index is 631. The normalized spacial score (nSPS) is 23.2. The van der Waals surface area contributed by atoms with Crippen LogP contribution in [-0.2, 0) is 0 Å². The van der Waals surface area contributed by atoms with E-state index in [1.54, 1.807) is 6.33 Å². The first-order valence-corrected chi connectivity index (χ1v) is 8.65. The average Bonchev–Trinajstić information content (AvgIpc) is 3.29. The van der Waals surface area contributed by atoms with Crippen LogP contribution in [0, 0.1) is 0 Å². The first-order chi connectivity index (χ1) is 10.9. The minimum absolute atomic E-state index is 0.678. The lowest BCUT2D eigenvalue weighted by Crippen LogP contribution is -2.43. The number of fused-ring (bicyclic) bond motifs is 1. The molecule has 0 amide bonds. The van der Waals surface area contributed by atoms with Crippen LogP contribution in [0.4, 0.5) is 5.82 Å². The molecule has 0 unspecified atom stereocenters. The van der Waals surface area contributed by atoms with E-state index in [0.29, 0.717) is 6.04 Å². The van der Waals surface area contributed by atoms with Crippen LogP contribution >= 0.6 is 0 Å². The Morgan fingerprint density at radius 3 is 2.91 bits per heavy atom. The molecule has 2 aromatic rings. The number of aromatic amines is 1. The molecule has 2 aromatic heterocycles. The molecule has 1 aliphatic carbocycles. The van der Waals surface area contributed by atoms with E-state index in [1.165, 1.54) is 38.6 Å². The molecule has 0 aromatic carbocycles. The number of anilines is 1. The third kappa shape index (κ3) is 2.37. The summed E-state index contributed by atoms with van der Waals surface area (Å²) in [5.41, 5.74) is 0.941. The fourth-order valence-corrected chi connectivity index (χ4v) is 4.37. The molecule has 2 fully saturated rings. The van der Waals surface area contributed by atoms with E-state index in [2.05, 4.69) is 37.7 Å². The average molecular weight is 299 g/mol. The van der Waals surface area contributed by atoms with Gasteiger partial charge in [-0.1, -0.05) is 19.8 Å². The molecule has 0 spiro atoms. The summed E-state index contributed by atoms with van der Waals surface area (Å²) < 4.78 is 0. The van der Waals surface area contributed by atoms with Crippen molar-refractivity contribution in [3.63, 3.8) is 0 Å². The first-order valence-electron chi connectivity index (χ1n) is 8.65. The largest absolute Gasteiger partial charge is 0.354 e. The van der Waals surface area contributed by atoms with E-state index >= 15 is 0 Å². The van der Waals surface area contributed by atoms with Gasteiger partial charge in [0, 0.05) is 31.4 Å². The zero-order chi connectivity index (χ0) is 14.9. The molecular formula is C17H25N5. The molecule has 0 bridgehead atoms. The molecule has 1 saturated carbocycles. The molecule has 5 heteroatoms. The van der Waals surface area contributed by atoms with Crippen molar-refractivity contribution in [2.45, 2.75) is 51.1 Å². The second-order valence-corrected chi connectivity index (χ2v) is 6.59. The number of hydrogen-bond donors (Lipinski definition) is 1. The molecule has 4 rings (SSSR count). The summed E-state index contributed by atoms with van der Waals surface area (Å²) in [6, 6.07) is 3.58. The van der Waals surface area contributed by atoms with Crippen molar-refractivity contribution in [2.24, 2.45) is 0 Å². The van der Waals surface area contributed by atoms with Crippen LogP contribution in [-0.4, -0.2) is 51.6 Å². The number of nitrogens with one attached hydrogen (secondary N) is 1. The van der Waals surface area contributed by atoms with Crippen LogP contribution in [0.5, 0.6) is 0 Å². The third-order valence-electron chi connectivity index (χ3n) is 5.42. The van der Waals surface area contributed by atoms with Gasteiger partial charge in [0.05, 0.1) is 5.39 Å². The topological polar surface area (TPSA) is 48.1 Å². The van der Waals surface area contributed by atoms with Gasteiger partial charge < -0.3 is 9.88 Å². The molecule has 2 aliphatic rings. The van der Waals surface area contributed by atoms with Crippen LogP contribution in [0.3, 0.4) is 0 Å². The predicted molar refractivity (Wildman–Crippen MR) is 89.1 cm³/mol. The van der Waals surface area contributed by atoms with Crippen molar-refractivity contribution < 1.29 is 0 Å². The van der Waals surface area contributed by atoms with Gasteiger partial charge in [-0.25, -0.2) is 9.97 Å². The summed E-state index contributed by atoms with van der Waals surface area (Å²) in [4.78, 5) is 17.2. The molecule has 1 aliphatic heterocycles. The zero-order valence-electron chi connectivity index (χ0n) is 13.3. The highest BCUT2D eigenvalue weighted by Gasteiger charge is 2.33. The molecule has 1 N–H and O–H groups in total. The molecule has 3 heterocycles. The summed E-state index contributed by atoms with van der Waals surface area (Å²) in [7, 11) is 0. The van der Waals surface area contributed by atoms with Gasteiger partial charge >= 0.3 is 0 Å². The maximum absolute atomic E-state index is 4.55. The maximum atomic E-state index is 4.55. The van der Waals surface area contributed by atoms with Crippen LogP contribution in [0.2, 0.25) is 0 Å². The Labute approximate surface area is 131 Å². The van der Waals surface area contributed by atoms with Gasteiger partial charge in [0.2, 0.25) is 0 Å². The summed E-state index contributed by atoms with van der Waals surface area (Å²) >= 11 is 0. The van der Waals surface area contributed by atoms with E-state index in [0.717, 1.165) is 36.0 Å². The lowest BCUT2D eigenvalue weighted by Gasteiger charge is -2.33. The minimum Gasteiger partial charge on any atom is -0.354 e. The first kappa shape index (κ1) is 14.0. The molecule has 1 saturated heterocycles. The SMILES string of the molecule is CCN(C1CCCC1)[C@@H]1CCN(c2ncnc3[nH]ccc23)C1. The Morgan fingerprint density at radius 2 is 2.09 bits per heavy atom. The number of H-pyrrole nitrogens is 1. The summed E-state index contributed by atoms with van der Waals surface area (Å²) in [6.45, 7) is 5.69. The molecule has 22 heavy (non-hydrogen) atoms. The van der Waals surface area contributed by atoms with Gasteiger partial charge in [0.1, 0.15) is 17.8 Å². The quantitative estimate of drug-likeness (QED) is 0.943. The fraction of sp³-hybridized carbons (Fsp3) is 0.647. The number of likely N-dealkylation sites (N-methyl/N-ethyl adjacent to an activating group) is 1. The standard InChI is InChI=1S/C17H25N5/c1-2-22(13-5-3-4-6-13)14-8-10-21(11-14)17-15-7-9-18-16(15)19-12-20-17/h7,9,12-14H,2-6,8,10-11H2,1H3,(H,18,19,20)/t14-/m1/s1. The molecular weight excluding hydrogens is 274 g/mol.